The van der Waals surface area contributed by atoms with Crippen LogP contribution in [0.1, 0.15) is 28.3 Å². The average molecular weight is 428 g/mol. The Hall–Kier alpha value is -3.93. The molecule has 1 fully saturated rings. The van der Waals surface area contributed by atoms with Crippen molar-refractivity contribution in [3.05, 3.63) is 107 Å². The van der Waals surface area contributed by atoms with Crippen molar-refractivity contribution in [2.75, 3.05) is 6.54 Å². The Morgan fingerprint density at radius 2 is 1.47 bits per heavy atom. The van der Waals surface area contributed by atoms with E-state index in [1.807, 2.05) is 91.9 Å². The lowest BCUT2D eigenvalue weighted by atomic mass is 10.1. The average Bonchev–Trinajstić information content (AvgIpc) is 3.04. The second-order valence-electron chi connectivity index (χ2n) is 7.90. The molecule has 1 N–H and O–H groups in total. The molecule has 6 nitrogen and oxygen atoms in total. The molecule has 3 aromatic carbocycles. The summed E-state index contributed by atoms with van der Waals surface area (Å²) in [4.78, 5) is 41.6. The number of imide groups is 1. The fraction of sp³-hybridized carbons (Fsp3) is 0.192. The number of nitrogens with zero attached hydrogens (tertiary/aromatic N) is 2. The maximum absolute atomic E-state index is 13.2. The van der Waals surface area contributed by atoms with E-state index >= 15 is 0 Å². The van der Waals surface area contributed by atoms with Crippen LogP contribution in [0.3, 0.4) is 0 Å². The Morgan fingerprint density at radius 1 is 0.844 bits per heavy atom. The van der Waals surface area contributed by atoms with E-state index in [-0.39, 0.29) is 24.9 Å². The van der Waals surface area contributed by atoms with Crippen LogP contribution in [0.15, 0.2) is 84.9 Å². The Balaban J connectivity index is 1.50. The number of benzene rings is 3. The van der Waals surface area contributed by atoms with E-state index in [9.17, 15) is 14.4 Å². The zero-order valence-electron chi connectivity index (χ0n) is 17.9. The second kappa shape index (κ2) is 9.47. The number of nitrogens with one attached hydrogen (secondary N) is 1. The van der Waals surface area contributed by atoms with Crippen molar-refractivity contribution >= 4 is 17.8 Å². The molecule has 0 radical (unpaired) electrons. The summed E-state index contributed by atoms with van der Waals surface area (Å²) in [5.41, 5.74) is 3.74. The fourth-order valence-corrected chi connectivity index (χ4v) is 3.79. The van der Waals surface area contributed by atoms with Gasteiger partial charge in [-0.05, 0) is 23.6 Å². The topological polar surface area (TPSA) is 69.7 Å². The van der Waals surface area contributed by atoms with Gasteiger partial charge >= 0.3 is 6.03 Å². The van der Waals surface area contributed by atoms with Gasteiger partial charge in [-0.2, -0.15) is 0 Å². The van der Waals surface area contributed by atoms with E-state index in [0.717, 1.165) is 27.2 Å². The first-order chi connectivity index (χ1) is 15.5. The summed E-state index contributed by atoms with van der Waals surface area (Å²) < 4.78 is 0. The van der Waals surface area contributed by atoms with Crippen LogP contribution in [0.2, 0.25) is 0 Å². The lowest BCUT2D eigenvalue weighted by Crippen LogP contribution is -2.41. The maximum atomic E-state index is 13.2. The van der Waals surface area contributed by atoms with Gasteiger partial charge in [0.15, 0.2) is 0 Å². The molecule has 32 heavy (non-hydrogen) atoms. The molecule has 0 bridgehead atoms. The zero-order chi connectivity index (χ0) is 22.5. The van der Waals surface area contributed by atoms with Crippen molar-refractivity contribution in [3.8, 4) is 0 Å². The van der Waals surface area contributed by atoms with Crippen molar-refractivity contribution in [3.63, 3.8) is 0 Å². The summed E-state index contributed by atoms with van der Waals surface area (Å²) in [6, 6.07) is 25.3. The summed E-state index contributed by atoms with van der Waals surface area (Å²) in [6.07, 6.45) is 0. The smallest absolute Gasteiger partial charge is 0.328 e. The van der Waals surface area contributed by atoms with E-state index in [0.29, 0.717) is 6.54 Å². The quantitative estimate of drug-likeness (QED) is 0.583. The molecular weight excluding hydrogens is 402 g/mol. The van der Waals surface area contributed by atoms with Crippen molar-refractivity contribution < 1.29 is 14.4 Å². The Morgan fingerprint density at radius 3 is 2.12 bits per heavy atom. The molecule has 162 valence electrons. The molecule has 1 atom stereocenters. The Kier molecular flexibility index (Phi) is 6.31. The highest BCUT2D eigenvalue weighted by atomic mass is 16.2. The van der Waals surface area contributed by atoms with E-state index in [4.69, 9.17) is 0 Å². The van der Waals surface area contributed by atoms with Gasteiger partial charge in [0, 0.05) is 13.1 Å². The highest BCUT2D eigenvalue weighted by molar-refractivity contribution is 6.06. The van der Waals surface area contributed by atoms with Crippen LogP contribution < -0.4 is 5.32 Å². The van der Waals surface area contributed by atoms with Crippen LogP contribution in [0.5, 0.6) is 0 Å². The van der Waals surface area contributed by atoms with E-state index in [2.05, 4.69) is 5.32 Å². The first kappa shape index (κ1) is 21.3. The minimum absolute atomic E-state index is 0.284. The van der Waals surface area contributed by atoms with Gasteiger partial charge in [-0.3, -0.25) is 14.5 Å². The van der Waals surface area contributed by atoms with Crippen LogP contribution in [0, 0.1) is 6.92 Å². The molecule has 4 rings (SSSR count). The minimum atomic E-state index is -0.756. The fourth-order valence-electron chi connectivity index (χ4n) is 3.79. The van der Waals surface area contributed by atoms with Crippen LogP contribution in [0.4, 0.5) is 4.79 Å². The van der Waals surface area contributed by atoms with Crippen LogP contribution in [-0.2, 0) is 22.7 Å². The molecule has 3 aromatic rings. The largest absolute Gasteiger partial charge is 0.350 e. The maximum Gasteiger partial charge on any atom is 0.328 e. The first-order valence-corrected chi connectivity index (χ1v) is 10.6. The molecule has 1 aliphatic heterocycles. The van der Waals surface area contributed by atoms with Crippen molar-refractivity contribution in [2.24, 2.45) is 0 Å². The molecular formula is C26H25N3O3. The van der Waals surface area contributed by atoms with Gasteiger partial charge < -0.3 is 10.2 Å². The zero-order valence-corrected chi connectivity index (χ0v) is 17.9. The third-order valence-corrected chi connectivity index (χ3v) is 5.51. The molecule has 0 spiro atoms. The highest BCUT2D eigenvalue weighted by Crippen LogP contribution is 2.32. The molecule has 1 heterocycles. The molecule has 6 heteroatoms. The van der Waals surface area contributed by atoms with E-state index < -0.39 is 12.1 Å². The molecule has 0 saturated carbocycles. The first-order valence-electron chi connectivity index (χ1n) is 10.6. The number of urea groups is 1. The number of carbonyl (C=O) groups excluding carboxylic acids is 3. The van der Waals surface area contributed by atoms with Gasteiger partial charge in [0.2, 0.25) is 5.91 Å². The van der Waals surface area contributed by atoms with Crippen molar-refractivity contribution in [1.29, 1.82) is 0 Å². The number of carbonyl (C=O) groups is 3. The third-order valence-electron chi connectivity index (χ3n) is 5.51. The third kappa shape index (κ3) is 4.70. The molecule has 4 amide bonds. The molecule has 0 aliphatic carbocycles. The molecule has 0 aromatic heterocycles. The van der Waals surface area contributed by atoms with Gasteiger partial charge in [-0.1, -0.05) is 90.5 Å². The van der Waals surface area contributed by atoms with Crippen LogP contribution in [0.25, 0.3) is 0 Å². The monoisotopic (exact) mass is 427 g/mol. The lowest BCUT2D eigenvalue weighted by Gasteiger charge is -2.22. The van der Waals surface area contributed by atoms with Gasteiger partial charge in [0.25, 0.3) is 5.91 Å². The van der Waals surface area contributed by atoms with Gasteiger partial charge in [0.05, 0.1) is 0 Å². The minimum Gasteiger partial charge on any atom is -0.350 e. The Bertz CT molecular complexity index is 1100. The van der Waals surface area contributed by atoms with Gasteiger partial charge in [-0.15, -0.1) is 0 Å². The van der Waals surface area contributed by atoms with Crippen LogP contribution >= 0.6 is 0 Å². The Labute approximate surface area is 187 Å². The summed E-state index contributed by atoms with van der Waals surface area (Å²) >= 11 is 0. The molecule has 1 aliphatic rings. The number of rotatable bonds is 7. The number of amides is 4. The van der Waals surface area contributed by atoms with E-state index in [1.165, 1.54) is 4.90 Å². The number of hydrogen-bond donors (Lipinski definition) is 1. The highest BCUT2D eigenvalue weighted by Gasteiger charge is 2.46. The summed E-state index contributed by atoms with van der Waals surface area (Å²) in [5, 5.41) is 2.80. The summed E-state index contributed by atoms with van der Waals surface area (Å²) in [6.45, 7) is 2.31. The van der Waals surface area contributed by atoms with Gasteiger partial charge in [-0.25, -0.2) is 4.79 Å². The predicted molar refractivity (Wildman–Crippen MR) is 121 cm³/mol. The SMILES string of the molecule is Cc1ccc(CNC(=O)CN2C(=O)[C@H](c3ccccc3)N(Cc3ccccc3)C2=O)cc1. The summed E-state index contributed by atoms with van der Waals surface area (Å²) in [5.74, 6) is -0.761. The second-order valence-corrected chi connectivity index (χ2v) is 7.90. The van der Waals surface area contributed by atoms with Crippen molar-refractivity contribution in [1.82, 2.24) is 15.1 Å². The van der Waals surface area contributed by atoms with E-state index in [1.54, 1.807) is 0 Å². The standard InChI is InChI=1S/C26H25N3O3/c1-19-12-14-20(15-13-19)16-27-23(30)18-29-25(31)24(22-10-6-3-7-11-22)28(26(29)32)17-21-8-4-2-5-9-21/h2-15,24H,16-18H2,1H3,(H,27,30)/t24-/m0/s1. The number of aryl methyl sites for hydroxylation is 1. The van der Waals surface area contributed by atoms with Crippen molar-refractivity contribution in [2.45, 2.75) is 26.1 Å². The lowest BCUT2D eigenvalue weighted by molar-refractivity contribution is -0.132. The molecule has 1 saturated heterocycles. The van der Waals surface area contributed by atoms with Gasteiger partial charge in [0.1, 0.15) is 12.6 Å². The predicted octanol–water partition coefficient (Wildman–Crippen LogP) is 3.82. The normalized spacial score (nSPS) is 15.8. The number of hydrogen-bond acceptors (Lipinski definition) is 3. The molecule has 0 unspecified atom stereocenters. The van der Waals surface area contributed by atoms with Crippen LogP contribution in [-0.4, -0.2) is 34.2 Å². The summed E-state index contributed by atoms with van der Waals surface area (Å²) in [7, 11) is 0.